The van der Waals surface area contributed by atoms with Crippen molar-refractivity contribution in [2.24, 2.45) is 5.92 Å². The number of esters is 1. The molecule has 0 rings (SSSR count). The lowest BCUT2D eigenvalue weighted by atomic mass is 10.1. The van der Waals surface area contributed by atoms with Gasteiger partial charge in [0.1, 0.15) is 0 Å². The lowest BCUT2D eigenvalue weighted by molar-refractivity contribution is -0.164. The molecule has 11 heavy (non-hydrogen) atoms. The first-order chi connectivity index (χ1) is 5.07. The highest BCUT2D eigenvalue weighted by atomic mass is 16.6. The Balaban J connectivity index is 3.54. The van der Waals surface area contributed by atoms with Crippen LogP contribution in [0.2, 0.25) is 0 Å². The van der Waals surface area contributed by atoms with Crippen LogP contribution in [0.3, 0.4) is 0 Å². The van der Waals surface area contributed by atoms with Crippen LogP contribution in [-0.4, -0.2) is 23.7 Å². The largest absolute Gasteiger partial charge is 0.473 e. The van der Waals surface area contributed by atoms with Gasteiger partial charge in [0, 0.05) is 0 Å². The number of carbonyl (C=O) groups excluding carboxylic acids is 1. The van der Waals surface area contributed by atoms with Crippen LogP contribution in [0.4, 0.5) is 0 Å². The summed E-state index contributed by atoms with van der Waals surface area (Å²) in [4.78, 5) is 20.3. The first-order valence-corrected chi connectivity index (χ1v) is 3.48. The van der Waals surface area contributed by atoms with Crippen molar-refractivity contribution in [1.29, 1.82) is 0 Å². The van der Waals surface area contributed by atoms with Gasteiger partial charge in [0.2, 0.25) is 0 Å². The Bertz CT molecular complexity index is 153. The smallest absolute Gasteiger partial charge is 0.417 e. The Morgan fingerprint density at radius 1 is 1.55 bits per heavy atom. The van der Waals surface area contributed by atoms with Gasteiger partial charge in [-0.1, -0.05) is 20.3 Å². The quantitative estimate of drug-likeness (QED) is 0.486. The van der Waals surface area contributed by atoms with Crippen molar-refractivity contribution >= 4 is 11.9 Å². The molecule has 0 aliphatic heterocycles. The third kappa shape index (κ3) is 4.36. The van der Waals surface area contributed by atoms with Crippen molar-refractivity contribution in [1.82, 2.24) is 0 Å². The van der Waals surface area contributed by atoms with E-state index in [0.29, 0.717) is 0 Å². The zero-order valence-electron chi connectivity index (χ0n) is 6.66. The van der Waals surface area contributed by atoms with Gasteiger partial charge in [0.05, 0.1) is 6.61 Å². The molecule has 4 nitrogen and oxygen atoms in total. The molecule has 0 aromatic rings. The molecule has 4 heteroatoms. The molecule has 0 amide bonds. The molecule has 0 aliphatic rings. The fourth-order valence-corrected chi connectivity index (χ4v) is 0.398. The predicted molar refractivity (Wildman–Crippen MR) is 38.0 cm³/mol. The zero-order valence-corrected chi connectivity index (χ0v) is 6.66. The van der Waals surface area contributed by atoms with E-state index in [9.17, 15) is 9.59 Å². The Labute approximate surface area is 65.2 Å². The number of aliphatic carboxylic acids is 1. The number of ether oxygens (including phenoxy) is 1. The van der Waals surface area contributed by atoms with Gasteiger partial charge in [0.15, 0.2) is 0 Å². The van der Waals surface area contributed by atoms with Crippen LogP contribution < -0.4 is 0 Å². The Morgan fingerprint density at radius 2 is 2.09 bits per heavy atom. The standard InChI is InChI=1S/C7H12O4/c1-3-5(2)4-11-7(10)6(8)9/h5H,3-4H2,1-2H3,(H,8,9). The van der Waals surface area contributed by atoms with Crippen LogP contribution in [0.1, 0.15) is 20.3 Å². The summed E-state index contributed by atoms with van der Waals surface area (Å²) in [6.07, 6.45) is 0.868. The van der Waals surface area contributed by atoms with Crippen LogP contribution in [0.15, 0.2) is 0 Å². The number of carbonyl (C=O) groups is 2. The molecule has 1 unspecified atom stereocenters. The van der Waals surface area contributed by atoms with Crippen molar-refractivity contribution in [2.75, 3.05) is 6.61 Å². The molecule has 1 N–H and O–H groups in total. The number of hydrogen-bond acceptors (Lipinski definition) is 3. The summed E-state index contributed by atoms with van der Waals surface area (Å²) in [7, 11) is 0. The molecule has 0 radical (unpaired) electrons. The van der Waals surface area contributed by atoms with E-state index in [4.69, 9.17) is 5.11 Å². The Morgan fingerprint density at radius 3 is 2.45 bits per heavy atom. The number of hydrogen-bond donors (Lipinski definition) is 1. The minimum atomic E-state index is -1.53. The van der Waals surface area contributed by atoms with E-state index in [2.05, 4.69) is 4.74 Å². The van der Waals surface area contributed by atoms with E-state index >= 15 is 0 Å². The van der Waals surface area contributed by atoms with E-state index in [0.717, 1.165) is 6.42 Å². The molecular formula is C7H12O4. The van der Waals surface area contributed by atoms with Gasteiger partial charge in [-0.3, -0.25) is 0 Å². The summed E-state index contributed by atoms with van der Waals surface area (Å²) in [6.45, 7) is 4.01. The highest BCUT2D eigenvalue weighted by Crippen LogP contribution is 2.00. The summed E-state index contributed by atoms with van der Waals surface area (Å²) in [5.41, 5.74) is 0. The first kappa shape index (κ1) is 9.94. The molecule has 64 valence electrons. The van der Waals surface area contributed by atoms with Gasteiger partial charge >= 0.3 is 11.9 Å². The van der Waals surface area contributed by atoms with Gasteiger partial charge in [-0.15, -0.1) is 0 Å². The van der Waals surface area contributed by atoms with Crippen molar-refractivity contribution in [3.8, 4) is 0 Å². The molecule has 0 aliphatic carbocycles. The molecular weight excluding hydrogens is 148 g/mol. The second kappa shape index (κ2) is 4.71. The van der Waals surface area contributed by atoms with Crippen LogP contribution >= 0.6 is 0 Å². The van der Waals surface area contributed by atoms with E-state index < -0.39 is 11.9 Å². The van der Waals surface area contributed by atoms with Crippen molar-refractivity contribution < 1.29 is 19.4 Å². The molecule has 0 aromatic carbocycles. The molecule has 0 heterocycles. The average Bonchev–Trinajstić information content (AvgIpc) is 1.99. The molecule has 1 atom stereocenters. The minimum Gasteiger partial charge on any atom is -0.473 e. The summed E-state index contributed by atoms with van der Waals surface area (Å²) < 4.78 is 4.42. The summed E-state index contributed by atoms with van der Waals surface area (Å²) in [6, 6.07) is 0. The minimum absolute atomic E-state index is 0.182. The fraction of sp³-hybridized carbons (Fsp3) is 0.714. The van der Waals surface area contributed by atoms with Crippen LogP contribution in [0.5, 0.6) is 0 Å². The highest BCUT2D eigenvalue weighted by Gasteiger charge is 2.13. The lowest BCUT2D eigenvalue weighted by Gasteiger charge is -2.06. The fourth-order valence-electron chi connectivity index (χ4n) is 0.398. The van der Waals surface area contributed by atoms with Gasteiger partial charge in [-0.25, -0.2) is 9.59 Å². The highest BCUT2D eigenvalue weighted by molar-refractivity contribution is 6.28. The maximum absolute atomic E-state index is 10.3. The lowest BCUT2D eigenvalue weighted by Crippen LogP contribution is -2.19. The Kier molecular flexibility index (Phi) is 4.26. The van der Waals surface area contributed by atoms with Gasteiger partial charge in [0.25, 0.3) is 0 Å². The van der Waals surface area contributed by atoms with Crippen molar-refractivity contribution in [2.45, 2.75) is 20.3 Å². The van der Waals surface area contributed by atoms with E-state index in [-0.39, 0.29) is 12.5 Å². The second-order valence-corrected chi connectivity index (χ2v) is 2.42. The SMILES string of the molecule is CCC(C)COC(=O)C(=O)O. The monoisotopic (exact) mass is 160 g/mol. The van der Waals surface area contributed by atoms with Gasteiger partial charge < -0.3 is 9.84 Å². The summed E-state index contributed by atoms with van der Waals surface area (Å²) >= 11 is 0. The Hall–Kier alpha value is -1.06. The number of carboxylic acids is 1. The third-order valence-electron chi connectivity index (χ3n) is 1.37. The summed E-state index contributed by atoms with van der Waals surface area (Å²) in [5, 5.41) is 8.09. The second-order valence-electron chi connectivity index (χ2n) is 2.42. The van der Waals surface area contributed by atoms with E-state index in [1.807, 2.05) is 13.8 Å². The van der Waals surface area contributed by atoms with Gasteiger partial charge in [-0.2, -0.15) is 0 Å². The first-order valence-electron chi connectivity index (χ1n) is 3.48. The predicted octanol–water partition coefficient (Wildman–Crippen LogP) is 0.660. The topological polar surface area (TPSA) is 63.6 Å². The zero-order chi connectivity index (χ0) is 8.85. The molecule has 0 aromatic heterocycles. The normalized spacial score (nSPS) is 12.2. The maximum Gasteiger partial charge on any atom is 0.417 e. The average molecular weight is 160 g/mol. The molecule has 0 fully saturated rings. The van der Waals surface area contributed by atoms with Crippen molar-refractivity contribution in [3.05, 3.63) is 0 Å². The van der Waals surface area contributed by atoms with Crippen molar-refractivity contribution in [3.63, 3.8) is 0 Å². The van der Waals surface area contributed by atoms with Crippen LogP contribution in [0.25, 0.3) is 0 Å². The molecule has 0 spiro atoms. The summed E-state index contributed by atoms with van der Waals surface area (Å²) in [5.74, 6) is -2.49. The van der Waals surface area contributed by atoms with Crippen LogP contribution in [0, 0.1) is 5.92 Å². The van der Waals surface area contributed by atoms with Gasteiger partial charge in [-0.05, 0) is 5.92 Å². The molecule has 0 saturated carbocycles. The number of carboxylic acid groups (broad SMARTS) is 1. The third-order valence-corrected chi connectivity index (χ3v) is 1.37. The van der Waals surface area contributed by atoms with E-state index in [1.54, 1.807) is 0 Å². The molecule has 0 bridgehead atoms. The number of rotatable bonds is 3. The van der Waals surface area contributed by atoms with E-state index in [1.165, 1.54) is 0 Å². The van der Waals surface area contributed by atoms with Crippen LogP contribution in [-0.2, 0) is 14.3 Å². The molecule has 0 saturated heterocycles. The maximum atomic E-state index is 10.3.